The number of hydrogen-bond donors (Lipinski definition) is 0. The Balaban J connectivity index is 0.000000220. The van der Waals surface area contributed by atoms with Gasteiger partial charge in [-0.25, -0.2) is 0 Å². The van der Waals surface area contributed by atoms with Crippen LogP contribution in [-0.2, 0) is 38.1 Å². The molecule has 210 valence electrons. The first-order valence-corrected chi connectivity index (χ1v) is 12.8. The van der Waals surface area contributed by atoms with Crippen molar-refractivity contribution in [2.75, 3.05) is 20.8 Å². The molecule has 1 saturated heterocycles. The van der Waals surface area contributed by atoms with Crippen molar-refractivity contribution in [2.24, 2.45) is 10.8 Å². The summed E-state index contributed by atoms with van der Waals surface area (Å²) in [6.07, 6.45) is 8.64. The minimum absolute atomic E-state index is 0.140. The van der Waals surface area contributed by atoms with Gasteiger partial charge in [-0.15, -0.1) is 0 Å². The van der Waals surface area contributed by atoms with Crippen molar-refractivity contribution in [1.29, 1.82) is 0 Å². The van der Waals surface area contributed by atoms with Gasteiger partial charge in [0.2, 0.25) is 0 Å². The Morgan fingerprint density at radius 2 is 1.30 bits per heavy atom. The zero-order valence-corrected chi connectivity index (χ0v) is 23.1. The third kappa shape index (κ3) is 6.63. The summed E-state index contributed by atoms with van der Waals surface area (Å²) < 4.78 is 20.5. The maximum absolute atomic E-state index is 12.1. The Labute approximate surface area is 234 Å². The van der Waals surface area contributed by atoms with Crippen LogP contribution in [0.5, 0.6) is 0 Å². The van der Waals surface area contributed by atoms with E-state index in [1.165, 1.54) is 33.5 Å². The van der Waals surface area contributed by atoms with Crippen molar-refractivity contribution in [3.63, 3.8) is 0 Å². The molecule has 1 fully saturated rings. The molecule has 0 saturated carbocycles. The SMILES string of the molecule is COC(=O)[C@]1(C)C(=O)C=CO[C@@H]1/C=C/c1ccccc1.COC(=O)[C@]1(C)C(=O)CCO[C@@H]1/C=C/c1ccccc1. The smallest absolute Gasteiger partial charge is 0.323 e. The molecular formula is C32H34O8. The van der Waals surface area contributed by atoms with Crippen LogP contribution in [0, 0.1) is 10.8 Å². The number of hydrogen-bond acceptors (Lipinski definition) is 8. The van der Waals surface area contributed by atoms with Gasteiger partial charge in [-0.05, 0) is 31.1 Å². The zero-order chi connectivity index (χ0) is 29.2. The van der Waals surface area contributed by atoms with E-state index in [4.69, 9.17) is 18.9 Å². The van der Waals surface area contributed by atoms with Crippen molar-refractivity contribution >= 4 is 35.7 Å². The van der Waals surface area contributed by atoms with E-state index in [-0.39, 0.29) is 18.0 Å². The first-order chi connectivity index (χ1) is 19.2. The fourth-order valence-corrected chi connectivity index (χ4v) is 4.38. The van der Waals surface area contributed by atoms with Crippen LogP contribution in [0.25, 0.3) is 12.2 Å². The average Bonchev–Trinajstić information content (AvgIpc) is 2.99. The number of benzene rings is 2. The highest BCUT2D eigenvalue weighted by molar-refractivity contribution is 6.10. The van der Waals surface area contributed by atoms with E-state index >= 15 is 0 Å². The molecule has 0 radical (unpaired) electrons. The van der Waals surface area contributed by atoms with Crippen LogP contribution < -0.4 is 0 Å². The molecule has 4 rings (SSSR count). The number of allylic oxidation sites excluding steroid dienone is 1. The van der Waals surface area contributed by atoms with E-state index in [1.807, 2.05) is 72.8 Å². The highest BCUT2D eigenvalue weighted by Gasteiger charge is 2.51. The molecule has 2 aromatic carbocycles. The van der Waals surface area contributed by atoms with Gasteiger partial charge < -0.3 is 18.9 Å². The monoisotopic (exact) mass is 546 g/mol. The molecule has 2 aliphatic heterocycles. The van der Waals surface area contributed by atoms with Crippen molar-refractivity contribution in [1.82, 2.24) is 0 Å². The summed E-state index contributed by atoms with van der Waals surface area (Å²) in [5.74, 6) is -1.61. The highest BCUT2D eigenvalue weighted by atomic mass is 16.5. The molecule has 0 aromatic heterocycles. The minimum atomic E-state index is -1.35. The van der Waals surface area contributed by atoms with Crippen molar-refractivity contribution in [3.05, 3.63) is 96.3 Å². The van der Waals surface area contributed by atoms with Gasteiger partial charge in [-0.2, -0.15) is 0 Å². The number of ketones is 2. The lowest BCUT2D eigenvalue weighted by Crippen LogP contribution is -2.51. The number of Topliss-reactive ketones (excluding diaryl/α,β-unsaturated/α-hetero) is 1. The molecule has 0 N–H and O–H groups in total. The van der Waals surface area contributed by atoms with E-state index in [1.54, 1.807) is 19.1 Å². The van der Waals surface area contributed by atoms with Crippen LogP contribution in [0.15, 0.2) is 85.2 Å². The largest absolute Gasteiger partial charge is 0.492 e. The average molecular weight is 547 g/mol. The quantitative estimate of drug-likeness (QED) is 0.383. The van der Waals surface area contributed by atoms with E-state index in [2.05, 4.69) is 0 Å². The van der Waals surface area contributed by atoms with Crippen molar-refractivity contribution in [2.45, 2.75) is 32.5 Å². The van der Waals surface area contributed by atoms with Crippen LogP contribution in [0.1, 0.15) is 31.4 Å². The molecule has 0 aliphatic carbocycles. The molecule has 0 unspecified atom stereocenters. The second-order valence-corrected chi connectivity index (χ2v) is 9.62. The second kappa shape index (κ2) is 13.7. The summed E-state index contributed by atoms with van der Waals surface area (Å²) in [7, 11) is 2.55. The Morgan fingerprint density at radius 3 is 1.82 bits per heavy atom. The summed E-state index contributed by atoms with van der Waals surface area (Å²) >= 11 is 0. The molecular weight excluding hydrogens is 512 g/mol. The van der Waals surface area contributed by atoms with Crippen LogP contribution in [0.2, 0.25) is 0 Å². The van der Waals surface area contributed by atoms with Gasteiger partial charge >= 0.3 is 11.9 Å². The van der Waals surface area contributed by atoms with Crippen LogP contribution in [0.3, 0.4) is 0 Å². The van der Waals surface area contributed by atoms with Gasteiger partial charge in [0.1, 0.15) is 6.10 Å². The molecule has 2 aliphatic rings. The number of carbonyl (C=O) groups is 4. The normalized spacial score (nSPS) is 26.1. The Bertz CT molecular complexity index is 1270. The van der Waals surface area contributed by atoms with Crippen LogP contribution >= 0.6 is 0 Å². The summed E-state index contributed by atoms with van der Waals surface area (Å²) in [6, 6.07) is 19.2. The third-order valence-corrected chi connectivity index (χ3v) is 7.05. The highest BCUT2D eigenvalue weighted by Crippen LogP contribution is 2.34. The van der Waals surface area contributed by atoms with Crippen molar-refractivity contribution in [3.8, 4) is 0 Å². The van der Waals surface area contributed by atoms with Gasteiger partial charge in [0, 0.05) is 12.5 Å². The summed E-state index contributed by atoms with van der Waals surface area (Å²) in [4.78, 5) is 48.1. The second-order valence-electron chi connectivity index (χ2n) is 9.62. The van der Waals surface area contributed by atoms with E-state index in [0.717, 1.165) is 11.1 Å². The Kier molecular flexibility index (Phi) is 10.3. The van der Waals surface area contributed by atoms with Gasteiger partial charge in [-0.3, -0.25) is 19.2 Å². The number of esters is 2. The summed E-state index contributed by atoms with van der Waals surface area (Å²) in [6.45, 7) is 3.44. The standard InChI is InChI=1S/C16H18O4.C16H16O4/c2*1-16(15(18)19-2)13(17)10-11-20-14(16)9-8-12-6-4-3-5-7-12/h3-9,14H,10-11H2,1-2H3;3-11,14H,1-2H3/b2*9-8+/t2*14-,16-/m11/s1. The maximum atomic E-state index is 12.1. The zero-order valence-electron chi connectivity index (χ0n) is 23.1. The fraction of sp³-hybridized carbons (Fsp3) is 0.312. The molecule has 2 aromatic rings. The van der Waals surface area contributed by atoms with E-state index < -0.39 is 35.0 Å². The van der Waals surface area contributed by atoms with Gasteiger partial charge in [-0.1, -0.05) is 78.9 Å². The molecule has 40 heavy (non-hydrogen) atoms. The van der Waals surface area contributed by atoms with Gasteiger partial charge in [0.25, 0.3) is 0 Å². The lowest BCUT2D eigenvalue weighted by atomic mass is 9.76. The summed E-state index contributed by atoms with van der Waals surface area (Å²) in [5, 5.41) is 0. The molecule has 4 atom stereocenters. The molecule has 8 nitrogen and oxygen atoms in total. The first-order valence-electron chi connectivity index (χ1n) is 12.8. The third-order valence-electron chi connectivity index (χ3n) is 7.05. The Morgan fingerprint density at radius 1 is 0.800 bits per heavy atom. The molecule has 0 spiro atoms. The lowest BCUT2D eigenvalue weighted by molar-refractivity contribution is -0.170. The molecule has 0 amide bonds. The number of rotatable bonds is 6. The number of carbonyl (C=O) groups excluding carboxylic acids is 4. The van der Waals surface area contributed by atoms with Crippen molar-refractivity contribution < 1.29 is 38.1 Å². The van der Waals surface area contributed by atoms with E-state index in [9.17, 15) is 19.2 Å². The Hall–Kier alpha value is -4.30. The topological polar surface area (TPSA) is 105 Å². The first kappa shape index (κ1) is 30.2. The molecule has 8 heteroatoms. The van der Waals surface area contributed by atoms with Gasteiger partial charge in [0.05, 0.1) is 33.2 Å². The summed E-state index contributed by atoms with van der Waals surface area (Å²) in [5.41, 5.74) is -0.667. The molecule has 2 heterocycles. The minimum Gasteiger partial charge on any atom is -0.492 e. The van der Waals surface area contributed by atoms with E-state index in [0.29, 0.717) is 6.61 Å². The predicted octanol–water partition coefficient (Wildman–Crippen LogP) is 4.60. The lowest BCUT2D eigenvalue weighted by Gasteiger charge is -2.35. The van der Waals surface area contributed by atoms with Gasteiger partial charge in [0.15, 0.2) is 22.4 Å². The van der Waals surface area contributed by atoms with Crippen LogP contribution in [-0.4, -0.2) is 56.5 Å². The number of ether oxygens (including phenoxy) is 4. The number of methoxy groups -OCH3 is 2. The predicted molar refractivity (Wildman–Crippen MR) is 150 cm³/mol. The van der Waals surface area contributed by atoms with Crippen LogP contribution in [0.4, 0.5) is 0 Å². The fourth-order valence-electron chi connectivity index (χ4n) is 4.38. The maximum Gasteiger partial charge on any atom is 0.323 e. The molecule has 0 bridgehead atoms.